The Morgan fingerprint density at radius 2 is 1.77 bits per heavy atom. The number of nitrogens with zero attached hydrogens (tertiary/aromatic N) is 2. The van der Waals surface area contributed by atoms with Gasteiger partial charge < -0.3 is 5.32 Å². The molecule has 3 rings (SSSR count). The van der Waals surface area contributed by atoms with Crippen LogP contribution in [0.25, 0.3) is 10.9 Å². The highest BCUT2D eigenvalue weighted by molar-refractivity contribution is 5.91. The Labute approximate surface area is 146 Å². The van der Waals surface area contributed by atoms with Crippen LogP contribution in [0.2, 0.25) is 0 Å². The molecule has 1 heterocycles. The van der Waals surface area contributed by atoms with Gasteiger partial charge in [-0.1, -0.05) is 24.3 Å². The van der Waals surface area contributed by atoms with Crippen LogP contribution in [-0.2, 0) is 17.5 Å². The summed E-state index contributed by atoms with van der Waals surface area (Å²) in [4.78, 5) is 28.5. The summed E-state index contributed by atoms with van der Waals surface area (Å²) in [6.07, 6.45) is -3.41. The number of rotatable bonds is 4. The molecule has 3 aromatic rings. The lowest BCUT2D eigenvalue weighted by atomic mass is 10.1. The van der Waals surface area contributed by atoms with Crippen LogP contribution in [0, 0.1) is 0 Å². The topological polar surface area (TPSA) is 64.0 Å². The van der Waals surface area contributed by atoms with E-state index in [0.717, 1.165) is 6.07 Å². The molecule has 0 radical (unpaired) electrons. The van der Waals surface area contributed by atoms with Crippen LogP contribution >= 0.6 is 0 Å². The van der Waals surface area contributed by atoms with Crippen molar-refractivity contribution in [2.24, 2.45) is 0 Å². The Balaban J connectivity index is 1.73. The summed E-state index contributed by atoms with van der Waals surface area (Å²) in [5, 5.41) is 2.66. The lowest BCUT2D eigenvalue weighted by Gasteiger charge is -2.13. The molecule has 26 heavy (non-hydrogen) atoms. The number of aryl methyl sites for hydroxylation is 1. The summed E-state index contributed by atoms with van der Waals surface area (Å²) in [7, 11) is 0. The zero-order valence-corrected chi connectivity index (χ0v) is 13.5. The predicted molar refractivity (Wildman–Crippen MR) is 90.7 cm³/mol. The average Bonchev–Trinajstić information content (AvgIpc) is 2.61. The molecule has 0 atom stereocenters. The molecule has 1 aromatic heterocycles. The summed E-state index contributed by atoms with van der Waals surface area (Å²) in [6.45, 7) is 0.0106. The van der Waals surface area contributed by atoms with Crippen molar-refractivity contribution in [1.29, 1.82) is 0 Å². The second-order valence-electron chi connectivity index (χ2n) is 5.60. The molecule has 0 fully saturated rings. The predicted octanol–water partition coefficient (Wildman–Crippen LogP) is 3.44. The molecule has 1 amide bonds. The number of hydrogen-bond acceptors (Lipinski definition) is 3. The Kier molecular flexibility index (Phi) is 4.75. The average molecular weight is 361 g/mol. The minimum absolute atomic E-state index is 0.0106. The van der Waals surface area contributed by atoms with Crippen LogP contribution in [0.1, 0.15) is 12.0 Å². The van der Waals surface area contributed by atoms with E-state index in [2.05, 4.69) is 10.3 Å². The third-order valence-corrected chi connectivity index (χ3v) is 3.82. The fourth-order valence-electron chi connectivity index (χ4n) is 2.54. The van der Waals surface area contributed by atoms with Gasteiger partial charge in [0, 0.05) is 13.0 Å². The van der Waals surface area contributed by atoms with Crippen LogP contribution in [0.3, 0.4) is 0 Å². The van der Waals surface area contributed by atoms with Gasteiger partial charge in [-0.05, 0) is 24.3 Å². The van der Waals surface area contributed by atoms with Crippen molar-refractivity contribution in [2.75, 3.05) is 5.32 Å². The number of aromatic nitrogens is 2. The van der Waals surface area contributed by atoms with E-state index in [1.54, 1.807) is 24.3 Å². The first-order valence-electron chi connectivity index (χ1n) is 7.76. The molecule has 0 unspecified atom stereocenters. The lowest BCUT2D eigenvalue weighted by Crippen LogP contribution is -2.24. The lowest BCUT2D eigenvalue weighted by molar-refractivity contribution is -0.137. The van der Waals surface area contributed by atoms with Crippen molar-refractivity contribution in [3.8, 4) is 0 Å². The van der Waals surface area contributed by atoms with Crippen LogP contribution in [0.15, 0.2) is 59.7 Å². The van der Waals surface area contributed by atoms with Gasteiger partial charge in [-0.3, -0.25) is 14.2 Å². The molecule has 0 bridgehead atoms. The Morgan fingerprint density at radius 3 is 2.54 bits per heavy atom. The molecule has 2 aromatic carbocycles. The summed E-state index contributed by atoms with van der Waals surface area (Å²) >= 11 is 0. The van der Waals surface area contributed by atoms with E-state index in [1.807, 2.05) is 0 Å². The van der Waals surface area contributed by atoms with Gasteiger partial charge in [0.1, 0.15) is 0 Å². The van der Waals surface area contributed by atoms with Gasteiger partial charge in [-0.15, -0.1) is 0 Å². The smallest absolute Gasteiger partial charge is 0.325 e. The molecule has 0 saturated carbocycles. The van der Waals surface area contributed by atoms with E-state index in [4.69, 9.17) is 0 Å². The zero-order valence-electron chi connectivity index (χ0n) is 13.5. The summed E-state index contributed by atoms with van der Waals surface area (Å²) < 4.78 is 40.1. The van der Waals surface area contributed by atoms with E-state index in [-0.39, 0.29) is 24.2 Å². The van der Waals surface area contributed by atoms with Gasteiger partial charge in [0.2, 0.25) is 5.91 Å². The Bertz CT molecular complexity index is 1010. The maximum absolute atomic E-state index is 12.9. The van der Waals surface area contributed by atoms with E-state index in [1.165, 1.54) is 29.1 Å². The number of carbonyl (C=O) groups is 1. The van der Waals surface area contributed by atoms with Crippen molar-refractivity contribution >= 4 is 22.5 Å². The third-order valence-electron chi connectivity index (χ3n) is 3.82. The van der Waals surface area contributed by atoms with Gasteiger partial charge >= 0.3 is 6.18 Å². The largest absolute Gasteiger partial charge is 0.418 e. The third kappa shape index (κ3) is 3.74. The number of fused-ring (bicyclic) bond motifs is 1. The normalized spacial score (nSPS) is 11.5. The first-order chi connectivity index (χ1) is 12.4. The van der Waals surface area contributed by atoms with E-state index in [9.17, 15) is 22.8 Å². The molecule has 8 heteroatoms. The fourth-order valence-corrected chi connectivity index (χ4v) is 2.54. The van der Waals surface area contributed by atoms with Crippen LogP contribution < -0.4 is 10.9 Å². The van der Waals surface area contributed by atoms with E-state index < -0.39 is 17.6 Å². The van der Waals surface area contributed by atoms with Crippen LogP contribution in [0.5, 0.6) is 0 Å². The first-order valence-corrected chi connectivity index (χ1v) is 7.76. The molecule has 0 aliphatic carbocycles. The van der Waals surface area contributed by atoms with Gasteiger partial charge in [-0.25, -0.2) is 4.98 Å². The molecule has 134 valence electrons. The van der Waals surface area contributed by atoms with E-state index >= 15 is 0 Å². The fraction of sp³-hybridized carbons (Fsp3) is 0.167. The van der Waals surface area contributed by atoms with Crippen molar-refractivity contribution < 1.29 is 18.0 Å². The second-order valence-corrected chi connectivity index (χ2v) is 5.60. The molecular weight excluding hydrogens is 347 g/mol. The van der Waals surface area contributed by atoms with Crippen molar-refractivity contribution in [1.82, 2.24) is 9.55 Å². The first kappa shape index (κ1) is 17.7. The van der Waals surface area contributed by atoms with Crippen molar-refractivity contribution in [2.45, 2.75) is 19.1 Å². The number of carbonyl (C=O) groups excluding carboxylic acids is 1. The number of hydrogen-bond donors (Lipinski definition) is 1. The number of nitrogens with one attached hydrogen (secondary N) is 1. The second kappa shape index (κ2) is 6.99. The zero-order chi connectivity index (χ0) is 18.7. The summed E-state index contributed by atoms with van der Waals surface area (Å²) in [5.74, 6) is -0.623. The van der Waals surface area contributed by atoms with Crippen LogP contribution in [0.4, 0.5) is 18.9 Å². The molecule has 0 spiro atoms. The highest BCUT2D eigenvalue weighted by Crippen LogP contribution is 2.34. The highest BCUT2D eigenvalue weighted by atomic mass is 19.4. The number of alkyl halides is 3. The Hall–Kier alpha value is -3.16. The molecule has 1 N–H and O–H groups in total. The maximum atomic E-state index is 12.9. The number of amides is 1. The summed E-state index contributed by atoms with van der Waals surface area (Å²) in [5.41, 5.74) is -0.997. The maximum Gasteiger partial charge on any atom is 0.418 e. The molecule has 0 aliphatic rings. The van der Waals surface area contributed by atoms with Gasteiger partial charge in [0.25, 0.3) is 5.56 Å². The van der Waals surface area contributed by atoms with Gasteiger partial charge in [-0.2, -0.15) is 13.2 Å². The van der Waals surface area contributed by atoms with Gasteiger partial charge in [0.05, 0.1) is 28.5 Å². The molecule has 5 nitrogen and oxygen atoms in total. The monoisotopic (exact) mass is 361 g/mol. The molecule has 0 aliphatic heterocycles. The van der Waals surface area contributed by atoms with Gasteiger partial charge in [0.15, 0.2) is 0 Å². The molecule has 0 saturated heterocycles. The van der Waals surface area contributed by atoms with E-state index in [0.29, 0.717) is 10.9 Å². The number of benzene rings is 2. The Morgan fingerprint density at radius 1 is 1.08 bits per heavy atom. The quantitative estimate of drug-likeness (QED) is 0.774. The molecular formula is C18H14F3N3O2. The standard InChI is InChI=1S/C18H14F3N3O2/c19-18(20,21)13-6-2-4-8-15(13)23-16(25)9-10-24-11-22-14-7-3-1-5-12(14)17(24)26/h1-8,11H,9-10H2,(H,23,25). The van der Waals surface area contributed by atoms with Crippen molar-refractivity contribution in [3.05, 3.63) is 70.8 Å². The minimum Gasteiger partial charge on any atom is -0.325 e. The number of para-hydroxylation sites is 2. The van der Waals surface area contributed by atoms with Crippen molar-refractivity contribution in [3.63, 3.8) is 0 Å². The number of anilines is 1. The minimum atomic E-state index is -4.57. The van der Waals surface area contributed by atoms with Crippen LogP contribution in [-0.4, -0.2) is 15.5 Å². The highest BCUT2D eigenvalue weighted by Gasteiger charge is 2.33. The SMILES string of the molecule is O=C(CCn1cnc2ccccc2c1=O)Nc1ccccc1C(F)(F)F. The summed E-state index contributed by atoms with van der Waals surface area (Å²) in [6, 6.07) is 11.5. The number of halogens is 3.